The summed E-state index contributed by atoms with van der Waals surface area (Å²) in [6.45, 7) is 2.80. The minimum atomic E-state index is -1.26. The number of fused-ring (bicyclic) bond motifs is 1. The van der Waals surface area contributed by atoms with Gasteiger partial charge in [0.1, 0.15) is 0 Å². The van der Waals surface area contributed by atoms with Gasteiger partial charge in [0.05, 0.1) is 5.52 Å². The lowest BCUT2D eigenvalue weighted by Gasteiger charge is -2.18. The van der Waals surface area contributed by atoms with E-state index in [2.05, 4.69) is 33.9 Å². The van der Waals surface area contributed by atoms with Crippen LogP contribution in [0.5, 0.6) is 0 Å². The van der Waals surface area contributed by atoms with E-state index in [0.717, 1.165) is 16.4 Å². The molecule has 1 aromatic heterocycles. The summed E-state index contributed by atoms with van der Waals surface area (Å²) in [5.41, 5.74) is 2.28. The van der Waals surface area contributed by atoms with Gasteiger partial charge in [0.15, 0.2) is 0 Å². The fraction of sp³-hybridized carbons (Fsp3) is 0.350. The molecule has 2 aromatic rings. The molecule has 0 saturated carbocycles. The lowest BCUT2D eigenvalue weighted by molar-refractivity contribution is -0.134. The maximum atomic E-state index is 11.8. The van der Waals surface area contributed by atoms with E-state index >= 15 is 0 Å². The van der Waals surface area contributed by atoms with E-state index in [-0.39, 0.29) is 5.91 Å². The Bertz CT molecular complexity index is 903. The average molecular weight is 451 g/mol. The van der Waals surface area contributed by atoms with Crippen LogP contribution in [-0.4, -0.2) is 57.2 Å². The van der Waals surface area contributed by atoms with Crippen molar-refractivity contribution >= 4 is 44.7 Å². The van der Waals surface area contributed by atoms with E-state index < -0.39 is 11.9 Å². The number of rotatable bonds is 4. The van der Waals surface area contributed by atoms with Crippen molar-refractivity contribution in [2.24, 2.45) is 0 Å². The number of likely N-dealkylation sites (tertiary alicyclic amines) is 1. The van der Waals surface area contributed by atoms with Gasteiger partial charge in [-0.3, -0.25) is 9.36 Å². The fourth-order valence-electron chi connectivity index (χ4n) is 3.33. The van der Waals surface area contributed by atoms with Gasteiger partial charge in [-0.1, -0.05) is 15.9 Å². The van der Waals surface area contributed by atoms with E-state index in [0.29, 0.717) is 18.2 Å². The first-order chi connectivity index (χ1) is 13.2. The second-order valence-electron chi connectivity index (χ2n) is 6.70. The number of aromatic nitrogens is 1. The normalized spacial score (nSPS) is 16.9. The molecule has 0 aliphatic carbocycles. The topological polar surface area (TPSA) is 99.8 Å². The van der Waals surface area contributed by atoms with E-state index in [1.54, 1.807) is 11.5 Å². The van der Waals surface area contributed by atoms with Gasteiger partial charge in [-0.15, -0.1) is 0 Å². The molecule has 150 valence electrons. The fourth-order valence-corrected chi connectivity index (χ4v) is 3.69. The summed E-state index contributed by atoms with van der Waals surface area (Å²) in [5, 5.41) is 16.8. The van der Waals surface area contributed by atoms with Crippen molar-refractivity contribution in [1.29, 1.82) is 0 Å². The summed E-state index contributed by atoms with van der Waals surface area (Å²) < 4.78 is 2.83. The molecular formula is C20H23BrN2O5. The lowest BCUT2D eigenvalue weighted by Crippen LogP contribution is -2.26. The second kappa shape index (κ2) is 9.66. The number of hydrogen-bond acceptors (Lipinski definition) is 4. The lowest BCUT2D eigenvalue weighted by atomic mass is 10.0. The molecule has 1 atom stereocenters. The van der Waals surface area contributed by atoms with Gasteiger partial charge >= 0.3 is 11.9 Å². The zero-order chi connectivity index (χ0) is 20.8. The number of likely N-dealkylation sites (N-methyl/N-ethyl adjacent to an activating group) is 1. The first kappa shape index (κ1) is 21.8. The van der Waals surface area contributed by atoms with Crippen molar-refractivity contribution in [1.82, 2.24) is 9.47 Å². The second-order valence-corrected chi connectivity index (χ2v) is 7.61. The molecule has 1 aliphatic heterocycles. The maximum absolute atomic E-state index is 11.8. The number of carbonyl (C=O) groups excluding carboxylic acids is 1. The predicted octanol–water partition coefficient (Wildman–Crippen LogP) is 3.41. The van der Waals surface area contributed by atoms with Crippen LogP contribution in [0.25, 0.3) is 10.9 Å². The quantitative estimate of drug-likeness (QED) is 0.692. The Morgan fingerprint density at radius 1 is 1.21 bits per heavy atom. The molecule has 28 heavy (non-hydrogen) atoms. The minimum absolute atomic E-state index is 0.0725. The number of hydrogen-bond donors (Lipinski definition) is 2. The summed E-state index contributed by atoms with van der Waals surface area (Å²) in [4.78, 5) is 33.3. The Kier molecular flexibility index (Phi) is 7.53. The standard InChI is InChI=1S/C16H19BrN2O.C4H4O4/c1-11(20)19-10-12(8-14-4-3-7-18(14)2)15-9-13(17)5-6-16(15)19;5-3(6)1-2-4(7)8/h5-6,9-10,14H,3-4,7-8H2,1-2H3;1-2H,(H,5,6)(H,7,8)/b;2-1+/t14-;/m1./s1. The molecule has 7 nitrogen and oxygen atoms in total. The van der Waals surface area contributed by atoms with Crippen LogP contribution in [0.1, 0.15) is 30.1 Å². The molecule has 1 aliphatic rings. The number of carboxylic acid groups (broad SMARTS) is 2. The van der Waals surface area contributed by atoms with Gasteiger partial charge < -0.3 is 15.1 Å². The molecule has 0 amide bonds. The molecule has 0 radical (unpaired) electrons. The third-order valence-electron chi connectivity index (χ3n) is 4.68. The average Bonchev–Trinajstić information content (AvgIpc) is 3.18. The zero-order valence-corrected chi connectivity index (χ0v) is 17.3. The Labute approximate surface area is 171 Å². The van der Waals surface area contributed by atoms with Gasteiger partial charge in [0.25, 0.3) is 0 Å². The molecule has 0 spiro atoms. The summed E-state index contributed by atoms with van der Waals surface area (Å²) in [6.07, 6.45) is 6.67. The van der Waals surface area contributed by atoms with Gasteiger partial charge in [0, 0.05) is 41.2 Å². The van der Waals surface area contributed by atoms with Crippen LogP contribution in [0.2, 0.25) is 0 Å². The molecule has 1 fully saturated rings. The largest absolute Gasteiger partial charge is 0.478 e. The highest BCUT2D eigenvalue weighted by Gasteiger charge is 2.23. The Morgan fingerprint density at radius 3 is 2.36 bits per heavy atom. The molecule has 1 saturated heterocycles. The zero-order valence-electron chi connectivity index (χ0n) is 15.8. The Hall–Kier alpha value is -2.45. The van der Waals surface area contributed by atoms with Crippen LogP contribution in [0.3, 0.4) is 0 Å². The van der Waals surface area contributed by atoms with Crippen molar-refractivity contribution < 1.29 is 24.6 Å². The number of nitrogens with zero attached hydrogens (tertiary/aromatic N) is 2. The maximum Gasteiger partial charge on any atom is 0.328 e. The highest BCUT2D eigenvalue weighted by molar-refractivity contribution is 9.10. The third kappa shape index (κ3) is 5.77. The van der Waals surface area contributed by atoms with E-state index in [9.17, 15) is 14.4 Å². The molecule has 0 unspecified atom stereocenters. The molecule has 1 aromatic carbocycles. The van der Waals surface area contributed by atoms with Gasteiger partial charge in [-0.05, 0) is 56.6 Å². The van der Waals surface area contributed by atoms with Gasteiger partial charge in [-0.2, -0.15) is 0 Å². The van der Waals surface area contributed by atoms with E-state index in [1.807, 2.05) is 18.3 Å². The van der Waals surface area contributed by atoms with Crippen LogP contribution < -0.4 is 0 Å². The molecule has 0 bridgehead atoms. The van der Waals surface area contributed by atoms with Crippen LogP contribution in [0.15, 0.2) is 41.0 Å². The summed E-state index contributed by atoms with van der Waals surface area (Å²) >= 11 is 3.53. The van der Waals surface area contributed by atoms with Crippen LogP contribution >= 0.6 is 15.9 Å². The van der Waals surface area contributed by atoms with Crippen molar-refractivity contribution in [3.63, 3.8) is 0 Å². The SMILES string of the molecule is CC(=O)n1cc(C[C@H]2CCCN2C)c2cc(Br)ccc21.O=C(O)/C=C/C(=O)O. The first-order valence-electron chi connectivity index (χ1n) is 8.83. The Morgan fingerprint density at radius 2 is 1.86 bits per heavy atom. The van der Waals surface area contributed by atoms with Crippen LogP contribution in [0.4, 0.5) is 0 Å². The number of carbonyl (C=O) groups is 3. The monoisotopic (exact) mass is 450 g/mol. The van der Waals surface area contributed by atoms with Gasteiger partial charge in [0.2, 0.25) is 5.91 Å². The summed E-state index contributed by atoms with van der Waals surface area (Å²) in [7, 11) is 2.19. The third-order valence-corrected chi connectivity index (χ3v) is 5.18. The number of benzene rings is 1. The van der Waals surface area contributed by atoms with Crippen molar-refractivity contribution in [2.75, 3.05) is 13.6 Å². The molecular weight excluding hydrogens is 428 g/mol. The molecule has 2 N–H and O–H groups in total. The van der Waals surface area contributed by atoms with Crippen molar-refractivity contribution in [2.45, 2.75) is 32.2 Å². The molecule has 8 heteroatoms. The summed E-state index contributed by atoms with van der Waals surface area (Å²) in [6, 6.07) is 6.73. The molecule has 3 rings (SSSR count). The minimum Gasteiger partial charge on any atom is -0.478 e. The smallest absolute Gasteiger partial charge is 0.328 e. The van der Waals surface area contributed by atoms with Crippen molar-refractivity contribution in [3.05, 3.63) is 46.6 Å². The molecule has 2 heterocycles. The number of halogens is 1. The predicted molar refractivity (Wildman–Crippen MR) is 110 cm³/mol. The van der Waals surface area contributed by atoms with Gasteiger partial charge in [-0.25, -0.2) is 9.59 Å². The van der Waals surface area contributed by atoms with Crippen LogP contribution in [0, 0.1) is 0 Å². The highest BCUT2D eigenvalue weighted by Crippen LogP contribution is 2.28. The van der Waals surface area contributed by atoms with Crippen molar-refractivity contribution in [3.8, 4) is 0 Å². The Balaban J connectivity index is 0.000000300. The summed E-state index contributed by atoms with van der Waals surface area (Å²) in [5.74, 6) is -2.44. The van der Waals surface area contributed by atoms with Crippen LogP contribution in [-0.2, 0) is 16.0 Å². The number of aliphatic carboxylic acids is 2. The van der Waals surface area contributed by atoms with E-state index in [1.165, 1.54) is 30.3 Å². The first-order valence-corrected chi connectivity index (χ1v) is 9.63. The highest BCUT2D eigenvalue weighted by atomic mass is 79.9. The van der Waals surface area contributed by atoms with E-state index in [4.69, 9.17) is 10.2 Å². The number of carboxylic acids is 2.